The van der Waals surface area contributed by atoms with Crippen LogP contribution in [0.3, 0.4) is 0 Å². The minimum atomic E-state index is -3.56. The van der Waals surface area contributed by atoms with Crippen molar-refractivity contribution in [3.63, 3.8) is 0 Å². The molecule has 1 rings (SSSR count). The molecule has 0 aliphatic rings. The van der Waals surface area contributed by atoms with E-state index in [2.05, 4.69) is 4.72 Å². The maximum Gasteiger partial charge on any atom is 0.255 e. The predicted molar refractivity (Wildman–Crippen MR) is 64.6 cm³/mol. The summed E-state index contributed by atoms with van der Waals surface area (Å²) in [6, 6.07) is 4.22. The molecule has 0 radical (unpaired) electrons. The highest BCUT2D eigenvalue weighted by atomic mass is 32.2. The topological polar surface area (TPSA) is 86.7 Å². The monoisotopic (exact) mass is 258 g/mol. The normalized spacial score (nSPS) is 11.0. The van der Waals surface area contributed by atoms with E-state index in [9.17, 15) is 18.3 Å². The summed E-state index contributed by atoms with van der Waals surface area (Å²) < 4.78 is 24.4. The summed E-state index contributed by atoms with van der Waals surface area (Å²) >= 11 is 0. The van der Waals surface area contributed by atoms with E-state index in [4.69, 9.17) is 0 Å². The lowest BCUT2D eigenvalue weighted by molar-refractivity contribution is 0.0828. The van der Waals surface area contributed by atoms with Gasteiger partial charge in [-0.15, -0.1) is 0 Å². The summed E-state index contributed by atoms with van der Waals surface area (Å²) in [6.45, 7) is 0. The average molecular weight is 258 g/mol. The van der Waals surface area contributed by atoms with Crippen molar-refractivity contribution in [2.75, 3.05) is 25.1 Å². The summed E-state index contributed by atoms with van der Waals surface area (Å²) in [5.74, 6) is -0.685. The first-order valence-electron chi connectivity index (χ1n) is 4.74. The zero-order valence-corrected chi connectivity index (χ0v) is 10.6. The van der Waals surface area contributed by atoms with Gasteiger partial charge in [-0.3, -0.25) is 9.52 Å². The maximum atomic E-state index is 11.8. The maximum absolute atomic E-state index is 11.8. The number of hydrogen-bond donors (Lipinski definition) is 2. The molecule has 6 nitrogen and oxygen atoms in total. The number of hydrogen-bond acceptors (Lipinski definition) is 4. The van der Waals surface area contributed by atoms with Gasteiger partial charge >= 0.3 is 0 Å². The number of sulfonamides is 1. The number of aromatic hydroxyl groups is 1. The van der Waals surface area contributed by atoms with Crippen LogP contribution in [0.25, 0.3) is 0 Å². The van der Waals surface area contributed by atoms with Gasteiger partial charge in [0.2, 0.25) is 10.0 Å². The van der Waals surface area contributed by atoms with Crippen molar-refractivity contribution >= 4 is 21.6 Å². The Labute approximate surface area is 99.9 Å². The number of rotatable bonds is 3. The molecule has 0 aliphatic heterocycles. The van der Waals surface area contributed by atoms with Gasteiger partial charge in [-0.2, -0.15) is 0 Å². The number of nitrogens with one attached hydrogen (secondary N) is 1. The van der Waals surface area contributed by atoms with Crippen LogP contribution in [0.2, 0.25) is 0 Å². The molecule has 0 heterocycles. The lowest BCUT2D eigenvalue weighted by Crippen LogP contribution is -2.23. The third-order valence-corrected chi connectivity index (χ3v) is 2.54. The fraction of sp³-hybridized carbons (Fsp3) is 0.300. The van der Waals surface area contributed by atoms with Gasteiger partial charge in [0.25, 0.3) is 5.91 Å². The smallest absolute Gasteiger partial charge is 0.255 e. The fourth-order valence-electron chi connectivity index (χ4n) is 1.25. The molecule has 2 N–H and O–H groups in total. The molecule has 0 aliphatic carbocycles. The van der Waals surface area contributed by atoms with Crippen molar-refractivity contribution in [1.29, 1.82) is 0 Å². The molecule has 0 atom stereocenters. The van der Waals surface area contributed by atoms with Crippen LogP contribution in [0.15, 0.2) is 18.2 Å². The van der Waals surface area contributed by atoms with E-state index in [0.29, 0.717) is 0 Å². The average Bonchev–Trinajstić information content (AvgIpc) is 2.18. The van der Waals surface area contributed by atoms with Crippen LogP contribution < -0.4 is 4.72 Å². The zero-order valence-electron chi connectivity index (χ0n) is 9.76. The number of para-hydroxylation sites is 1. The third-order valence-electron chi connectivity index (χ3n) is 1.97. The van der Waals surface area contributed by atoms with Crippen LogP contribution in [-0.2, 0) is 10.0 Å². The molecular formula is C10H14N2O4S. The molecule has 0 saturated heterocycles. The van der Waals surface area contributed by atoms with Crippen LogP contribution in [0.5, 0.6) is 5.75 Å². The van der Waals surface area contributed by atoms with Gasteiger partial charge in [0, 0.05) is 14.1 Å². The number of carbonyl (C=O) groups excluding carboxylic acids is 1. The molecule has 17 heavy (non-hydrogen) atoms. The minimum Gasteiger partial charge on any atom is -0.506 e. The quantitative estimate of drug-likeness (QED) is 0.771. The summed E-state index contributed by atoms with van der Waals surface area (Å²) in [7, 11) is -0.486. The van der Waals surface area contributed by atoms with E-state index in [0.717, 1.165) is 6.26 Å². The number of phenolic OH excluding ortho intramolecular Hbond substituents is 1. The van der Waals surface area contributed by atoms with E-state index in [-0.39, 0.29) is 17.0 Å². The van der Waals surface area contributed by atoms with Crippen LogP contribution in [0, 0.1) is 0 Å². The Hall–Kier alpha value is -1.76. The molecule has 1 aromatic rings. The van der Waals surface area contributed by atoms with Gasteiger partial charge in [-0.1, -0.05) is 6.07 Å². The molecule has 0 fully saturated rings. The van der Waals surface area contributed by atoms with Crippen molar-refractivity contribution in [2.45, 2.75) is 0 Å². The highest BCUT2D eigenvalue weighted by Crippen LogP contribution is 2.28. The van der Waals surface area contributed by atoms with Crippen molar-refractivity contribution in [2.24, 2.45) is 0 Å². The van der Waals surface area contributed by atoms with Gasteiger partial charge in [-0.25, -0.2) is 8.42 Å². The SMILES string of the molecule is CN(C)C(=O)c1cccc(O)c1NS(C)(=O)=O. The highest BCUT2D eigenvalue weighted by Gasteiger charge is 2.18. The van der Waals surface area contributed by atoms with Crippen molar-refractivity contribution < 1.29 is 18.3 Å². The van der Waals surface area contributed by atoms with E-state index >= 15 is 0 Å². The Balaban J connectivity index is 3.32. The summed E-state index contributed by atoms with van der Waals surface area (Å²) in [6.07, 6.45) is 0.948. The van der Waals surface area contributed by atoms with E-state index < -0.39 is 15.9 Å². The van der Waals surface area contributed by atoms with Crippen molar-refractivity contribution in [3.8, 4) is 5.75 Å². The molecule has 7 heteroatoms. The second-order valence-corrected chi connectivity index (χ2v) is 5.52. The molecule has 0 aromatic heterocycles. The number of carbonyl (C=O) groups is 1. The Bertz CT molecular complexity index is 537. The Kier molecular flexibility index (Phi) is 3.62. The van der Waals surface area contributed by atoms with Crippen molar-refractivity contribution in [3.05, 3.63) is 23.8 Å². The molecule has 1 aromatic carbocycles. The standard InChI is InChI=1S/C10H14N2O4S/c1-12(2)10(14)7-5-4-6-8(13)9(7)11-17(3,15)16/h4-6,11,13H,1-3H3. The largest absolute Gasteiger partial charge is 0.506 e. The van der Waals surface area contributed by atoms with Gasteiger partial charge in [0.15, 0.2) is 0 Å². The Morgan fingerprint density at radius 1 is 1.35 bits per heavy atom. The first-order chi connectivity index (χ1) is 7.72. The lowest BCUT2D eigenvalue weighted by Gasteiger charge is -2.15. The molecule has 0 saturated carbocycles. The highest BCUT2D eigenvalue weighted by molar-refractivity contribution is 7.92. The predicted octanol–water partition coefficient (Wildman–Crippen LogP) is 0.466. The number of nitrogens with zero attached hydrogens (tertiary/aromatic N) is 1. The van der Waals surface area contributed by atoms with Gasteiger partial charge in [0.05, 0.1) is 11.8 Å². The summed E-state index contributed by atoms with van der Waals surface area (Å²) in [4.78, 5) is 13.1. The third kappa shape index (κ3) is 3.35. The van der Waals surface area contributed by atoms with E-state index in [1.165, 1.54) is 37.2 Å². The number of benzene rings is 1. The van der Waals surface area contributed by atoms with Gasteiger partial charge in [-0.05, 0) is 12.1 Å². The molecule has 1 amide bonds. The van der Waals surface area contributed by atoms with E-state index in [1.807, 2.05) is 0 Å². The Morgan fingerprint density at radius 3 is 2.41 bits per heavy atom. The second kappa shape index (κ2) is 4.62. The number of phenols is 1. The molecule has 0 spiro atoms. The van der Waals surface area contributed by atoms with Gasteiger partial charge in [0.1, 0.15) is 11.4 Å². The lowest BCUT2D eigenvalue weighted by atomic mass is 10.1. The molecule has 94 valence electrons. The first kappa shape index (κ1) is 13.3. The molecule has 0 bridgehead atoms. The van der Waals surface area contributed by atoms with Gasteiger partial charge < -0.3 is 10.0 Å². The van der Waals surface area contributed by atoms with E-state index in [1.54, 1.807) is 0 Å². The second-order valence-electron chi connectivity index (χ2n) is 3.77. The number of anilines is 1. The van der Waals surface area contributed by atoms with Crippen molar-refractivity contribution in [1.82, 2.24) is 4.90 Å². The Morgan fingerprint density at radius 2 is 1.94 bits per heavy atom. The van der Waals surface area contributed by atoms with Crippen LogP contribution in [0.1, 0.15) is 10.4 Å². The minimum absolute atomic E-state index is 0.0976. The van der Waals surface area contributed by atoms with Crippen LogP contribution in [0.4, 0.5) is 5.69 Å². The first-order valence-corrected chi connectivity index (χ1v) is 6.63. The number of amides is 1. The summed E-state index contributed by atoms with van der Waals surface area (Å²) in [5, 5.41) is 9.59. The van der Waals surface area contributed by atoms with Crippen LogP contribution in [-0.4, -0.2) is 44.7 Å². The molecule has 0 unspecified atom stereocenters. The summed E-state index contributed by atoms with van der Waals surface area (Å²) in [5.41, 5.74) is -0.00544. The molecular weight excluding hydrogens is 244 g/mol. The zero-order chi connectivity index (χ0) is 13.2. The fourth-order valence-corrected chi connectivity index (χ4v) is 1.84. The van der Waals surface area contributed by atoms with Crippen LogP contribution >= 0.6 is 0 Å².